The topological polar surface area (TPSA) is 29.3 Å². The lowest BCUT2D eigenvalue weighted by atomic mass is 9.88. The molecule has 0 aliphatic carbocycles. The summed E-state index contributed by atoms with van der Waals surface area (Å²) in [5, 5.41) is 0. The van der Waals surface area contributed by atoms with E-state index in [0.717, 1.165) is 13.1 Å². The van der Waals surface area contributed by atoms with Gasteiger partial charge in [0, 0.05) is 47.4 Å². The van der Waals surface area contributed by atoms with E-state index in [1.165, 1.54) is 0 Å². The second-order valence-corrected chi connectivity index (χ2v) is 4.56. The first kappa shape index (κ1) is 8.67. The molecule has 1 aliphatic rings. The maximum Gasteiger partial charge on any atom is 0.0975 e. The van der Waals surface area contributed by atoms with Crippen molar-refractivity contribution >= 4 is 22.9 Å². The molecule has 0 aromatic rings. The van der Waals surface area contributed by atoms with Crippen molar-refractivity contribution in [1.29, 1.82) is 0 Å². The van der Waals surface area contributed by atoms with Crippen molar-refractivity contribution in [2.24, 2.45) is 11.1 Å². The summed E-state index contributed by atoms with van der Waals surface area (Å²) in [6, 6.07) is -0.00519. The molecule has 60 valence electrons. The maximum atomic E-state index is 12.4. The van der Waals surface area contributed by atoms with Crippen molar-refractivity contribution in [3.8, 4) is 0 Å². The monoisotopic (exact) mass is 258 g/mol. The molecule has 0 radical (unpaired) electrons. The minimum atomic E-state index is -0.312. The minimum absolute atomic E-state index is 0.00519. The van der Waals surface area contributed by atoms with E-state index in [4.69, 9.17) is 5.73 Å². The van der Waals surface area contributed by atoms with E-state index >= 15 is 0 Å². The SMILES string of the molecule is CC1(CF)CN(I)CC1N. The molecule has 0 spiro atoms. The molecule has 1 heterocycles. The summed E-state index contributed by atoms with van der Waals surface area (Å²) < 4.78 is 14.4. The van der Waals surface area contributed by atoms with Crippen LogP contribution in [-0.2, 0) is 0 Å². The van der Waals surface area contributed by atoms with Gasteiger partial charge < -0.3 is 5.73 Å². The fraction of sp³-hybridized carbons (Fsp3) is 1.00. The van der Waals surface area contributed by atoms with Crippen LogP contribution >= 0.6 is 22.9 Å². The largest absolute Gasteiger partial charge is 0.326 e. The van der Waals surface area contributed by atoms with Crippen molar-refractivity contribution in [3.63, 3.8) is 0 Å². The van der Waals surface area contributed by atoms with Crippen LogP contribution < -0.4 is 5.73 Å². The summed E-state index contributed by atoms with van der Waals surface area (Å²) in [4.78, 5) is 0. The van der Waals surface area contributed by atoms with Crippen LogP contribution in [0.15, 0.2) is 0 Å². The van der Waals surface area contributed by atoms with Crippen LogP contribution in [0.5, 0.6) is 0 Å². The molecule has 0 aromatic heterocycles. The first-order valence-electron chi connectivity index (χ1n) is 3.31. The molecule has 2 N–H and O–H groups in total. The average Bonchev–Trinajstić information content (AvgIpc) is 2.09. The minimum Gasteiger partial charge on any atom is -0.326 e. The number of alkyl halides is 1. The summed E-state index contributed by atoms with van der Waals surface area (Å²) in [5.74, 6) is 0. The van der Waals surface area contributed by atoms with Crippen molar-refractivity contribution in [2.75, 3.05) is 19.8 Å². The lowest BCUT2D eigenvalue weighted by Gasteiger charge is -2.23. The molecule has 1 saturated heterocycles. The number of hydrogen-bond acceptors (Lipinski definition) is 2. The van der Waals surface area contributed by atoms with Crippen molar-refractivity contribution in [3.05, 3.63) is 0 Å². The number of nitrogens with two attached hydrogens (primary N) is 1. The van der Waals surface area contributed by atoms with Crippen LogP contribution in [0.2, 0.25) is 0 Å². The van der Waals surface area contributed by atoms with Crippen LogP contribution in [0.25, 0.3) is 0 Å². The second kappa shape index (κ2) is 2.91. The fourth-order valence-electron chi connectivity index (χ4n) is 1.15. The Morgan fingerprint density at radius 3 is 2.70 bits per heavy atom. The van der Waals surface area contributed by atoms with Gasteiger partial charge in [0.15, 0.2) is 0 Å². The summed E-state index contributed by atoms with van der Waals surface area (Å²) in [5.41, 5.74) is 5.42. The summed E-state index contributed by atoms with van der Waals surface area (Å²) in [6.07, 6.45) is 0. The Hall–Kier alpha value is 0.580. The van der Waals surface area contributed by atoms with Gasteiger partial charge in [-0.2, -0.15) is 0 Å². The first-order valence-corrected chi connectivity index (χ1v) is 4.27. The van der Waals surface area contributed by atoms with Crippen molar-refractivity contribution < 1.29 is 4.39 Å². The van der Waals surface area contributed by atoms with Crippen LogP contribution in [0.1, 0.15) is 6.92 Å². The Kier molecular flexibility index (Phi) is 2.52. The van der Waals surface area contributed by atoms with E-state index in [1.54, 1.807) is 0 Å². The van der Waals surface area contributed by atoms with Crippen LogP contribution in [0.3, 0.4) is 0 Å². The van der Waals surface area contributed by atoms with Crippen LogP contribution in [0.4, 0.5) is 4.39 Å². The zero-order chi connectivity index (χ0) is 7.78. The molecule has 2 nitrogen and oxygen atoms in total. The molecule has 0 amide bonds. The molecule has 0 aromatic carbocycles. The van der Waals surface area contributed by atoms with Gasteiger partial charge in [-0.15, -0.1) is 0 Å². The third kappa shape index (κ3) is 1.43. The third-order valence-electron chi connectivity index (χ3n) is 2.13. The highest BCUT2D eigenvalue weighted by molar-refractivity contribution is 14.1. The summed E-state index contributed by atoms with van der Waals surface area (Å²) >= 11 is 2.18. The molecule has 0 bridgehead atoms. The van der Waals surface area contributed by atoms with Gasteiger partial charge in [-0.05, 0) is 0 Å². The molecule has 4 heteroatoms. The molecular weight excluding hydrogens is 246 g/mol. The highest BCUT2D eigenvalue weighted by atomic mass is 127. The maximum absolute atomic E-state index is 12.4. The fourth-order valence-corrected chi connectivity index (χ4v) is 2.35. The highest BCUT2D eigenvalue weighted by Gasteiger charge is 2.40. The lowest BCUT2D eigenvalue weighted by Crippen LogP contribution is -2.39. The zero-order valence-corrected chi connectivity index (χ0v) is 8.14. The number of halogens is 2. The van der Waals surface area contributed by atoms with Gasteiger partial charge in [-0.25, -0.2) is 3.11 Å². The number of hydrogen-bond donors (Lipinski definition) is 1. The summed E-state index contributed by atoms with van der Waals surface area (Å²) in [7, 11) is 0. The van der Waals surface area contributed by atoms with Crippen LogP contribution in [-0.4, -0.2) is 28.9 Å². The first-order chi connectivity index (χ1) is 4.58. The molecule has 1 aliphatic heterocycles. The molecule has 0 saturated carbocycles. The van der Waals surface area contributed by atoms with E-state index in [0.29, 0.717) is 0 Å². The lowest BCUT2D eigenvalue weighted by molar-refractivity contribution is 0.227. The van der Waals surface area contributed by atoms with Gasteiger partial charge in [0.25, 0.3) is 0 Å². The quantitative estimate of drug-likeness (QED) is 0.560. The zero-order valence-electron chi connectivity index (χ0n) is 5.98. The Morgan fingerprint density at radius 1 is 1.90 bits per heavy atom. The Morgan fingerprint density at radius 2 is 2.50 bits per heavy atom. The average molecular weight is 258 g/mol. The molecule has 1 rings (SSSR count). The van der Waals surface area contributed by atoms with Crippen molar-refractivity contribution in [1.82, 2.24) is 3.11 Å². The predicted molar refractivity (Wildman–Crippen MR) is 47.7 cm³/mol. The van der Waals surface area contributed by atoms with Crippen LogP contribution in [0, 0.1) is 5.41 Å². The van der Waals surface area contributed by atoms with Gasteiger partial charge in [0.05, 0.1) is 6.67 Å². The number of rotatable bonds is 1. The number of nitrogens with zero attached hydrogens (tertiary/aromatic N) is 1. The van der Waals surface area contributed by atoms with E-state index in [2.05, 4.69) is 22.9 Å². The molecule has 2 unspecified atom stereocenters. The molecular formula is C6H12FIN2. The van der Waals surface area contributed by atoms with Crippen molar-refractivity contribution in [2.45, 2.75) is 13.0 Å². The predicted octanol–water partition coefficient (Wildman–Crippen LogP) is 0.955. The second-order valence-electron chi connectivity index (χ2n) is 3.20. The van der Waals surface area contributed by atoms with Gasteiger partial charge in [-0.1, -0.05) is 6.92 Å². The Bertz CT molecular complexity index is 133. The van der Waals surface area contributed by atoms with E-state index in [-0.39, 0.29) is 18.1 Å². The van der Waals surface area contributed by atoms with Gasteiger partial charge in [-0.3, -0.25) is 4.39 Å². The van der Waals surface area contributed by atoms with Gasteiger partial charge in [0.1, 0.15) is 0 Å². The smallest absolute Gasteiger partial charge is 0.0975 e. The molecule has 1 fully saturated rings. The summed E-state index contributed by atoms with van der Waals surface area (Å²) in [6.45, 7) is 3.16. The van der Waals surface area contributed by atoms with E-state index in [9.17, 15) is 4.39 Å². The van der Waals surface area contributed by atoms with Gasteiger partial charge >= 0.3 is 0 Å². The van der Waals surface area contributed by atoms with Gasteiger partial charge in [0.2, 0.25) is 0 Å². The molecule has 2 atom stereocenters. The standard InChI is InChI=1S/C6H12FIN2/c1-6(3-7)4-10(8)2-5(6)9/h5H,2-4,9H2,1H3. The highest BCUT2D eigenvalue weighted by Crippen LogP contribution is 2.31. The Labute approximate surface area is 74.4 Å². The Balaban J connectivity index is 2.61. The normalized spacial score (nSPS) is 42.6. The molecule has 10 heavy (non-hydrogen) atoms. The van der Waals surface area contributed by atoms with E-state index < -0.39 is 0 Å². The van der Waals surface area contributed by atoms with E-state index in [1.807, 2.05) is 10.0 Å². The third-order valence-corrected chi connectivity index (χ3v) is 2.86.